The van der Waals surface area contributed by atoms with Crippen molar-refractivity contribution in [2.45, 2.75) is 6.92 Å². The van der Waals surface area contributed by atoms with Gasteiger partial charge in [0.25, 0.3) is 5.91 Å². The highest BCUT2D eigenvalue weighted by Crippen LogP contribution is 2.21. The van der Waals surface area contributed by atoms with Crippen molar-refractivity contribution in [3.63, 3.8) is 0 Å². The monoisotopic (exact) mass is 320 g/mol. The number of nitrogens with zero attached hydrogens (tertiary/aromatic N) is 3. The molecule has 0 bridgehead atoms. The lowest BCUT2D eigenvalue weighted by atomic mass is 10.3. The van der Waals surface area contributed by atoms with E-state index in [0.717, 1.165) is 0 Å². The van der Waals surface area contributed by atoms with Crippen molar-refractivity contribution in [2.24, 2.45) is 0 Å². The van der Waals surface area contributed by atoms with Crippen molar-refractivity contribution >= 4 is 40.4 Å². The summed E-state index contributed by atoms with van der Waals surface area (Å²) in [6, 6.07) is 6.85. The Hall–Kier alpha value is -2.11. The topological polar surface area (TPSA) is 59.3 Å². The first-order valence-corrected chi connectivity index (χ1v) is 6.88. The van der Waals surface area contributed by atoms with E-state index in [1.807, 2.05) is 0 Å². The summed E-state index contributed by atoms with van der Waals surface area (Å²) in [4.78, 5) is 20.7. The van der Waals surface area contributed by atoms with Crippen LogP contribution in [-0.4, -0.2) is 20.3 Å². The molecule has 3 aromatic heterocycles. The molecule has 0 radical (unpaired) electrons. The van der Waals surface area contributed by atoms with Gasteiger partial charge in [-0.15, -0.1) is 0 Å². The van der Waals surface area contributed by atoms with E-state index in [1.165, 1.54) is 0 Å². The number of carbonyl (C=O) groups is 1. The fraction of sp³-hybridized carbons (Fsp3) is 0.0714. The summed E-state index contributed by atoms with van der Waals surface area (Å²) in [5.74, 6) is -0.322. The highest BCUT2D eigenvalue weighted by atomic mass is 35.5. The number of halogens is 2. The van der Waals surface area contributed by atoms with Crippen LogP contribution in [0.3, 0.4) is 0 Å². The van der Waals surface area contributed by atoms with Gasteiger partial charge in [-0.2, -0.15) is 0 Å². The summed E-state index contributed by atoms with van der Waals surface area (Å²) >= 11 is 11.9. The van der Waals surface area contributed by atoms with Crippen molar-refractivity contribution < 1.29 is 4.79 Å². The van der Waals surface area contributed by atoms with Gasteiger partial charge in [-0.05, 0) is 31.2 Å². The molecule has 106 valence electrons. The number of aromatic nitrogens is 3. The second-order valence-electron chi connectivity index (χ2n) is 4.42. The zero-order valence-electron chi connectivity index (χ0n) is 11.0. The number of fused-ring (bicyclic) bond motifs is 1. The van der Waals surface area contributed by atoms with E-state index in [1.54, 1.807) is 48.0 Å². The fourth-order valence-corrected chi connectivity index (χ4v) is 2.40. The van der Waals surface area contributed by atoms with Crippen LogP contribution in [0.5, 0.6) is 0 Å². The molecule has 0 saturated carbocycles. The van der Waals surface area contributed by atoms with Crippen LogP contribution < -0.4 is 5.32 Å². The van der Waals surface area contributed by atoms with Gasteiger partial charge in [-0.25, -0.2) is 9.97 Å². The average Bonchev–Trinajstić information content (AvgIpc) is 2.76. The van der Waals surface area contributed by atoms with E-state index in [9.17, 15) is 4.79 Å². The van der Waals surface area contributed by atoms with E-state index in [4.69, 9.17) is 23.2 Å². The quantitative estimate of drug-likeness (QED) is 0.734. The summed E-state index contributed by atoms with van der Waals surface area (Å²) in [6.07, 6.45) is 3.20. The number of anilines is 1. The molecule has 0 spiro atoms. The number of hydrogen-bond acceptors (Lipinski definition) is 3. The van der Waals surface area contributed by atoms with E-state index >= 15 is 0 Å². The largest absolute Gasteiger partial charge is 0.318 e. The third kappa shape index (κ3) is 2.57. The molecule has 3 aromatic rings. The third-order valence-corrected chi connectivity index (χ3v) is 3.50. The highest BCUT2D eigenvalue weighted by molar-refractivity contribution is 6.32. The lowest BCUT2D eigenvalue weighted by Crippen LogP contribution is -2.16. The predicted octanol–water partition coefficient (Wildman–Crippen LogP) is 3.60. The molecule has 0 aromatic carbocycles. The minimum absolute atomic E-state index is 0.232. The van der Waals surface area contributed by atoms with Crippen molar-refractivity contribution in [1.82, 2.24) is 14.4 Å². The molecule has 3 rings (SSSR count). The molecule has 3 heterocycles. The molecule has 1 amide bonds. The second-order valence-corrected chi connectivity index (χ2v) is 5.21. The van der Waals surface area contributed by atoms with Crippen molar-refractivity contribution in [3.05, 3.63) is 58.2 Å². The normalized spacial score (nSPS) is 10.8. The fourth-order valence-electron chi connectivity index (χ4n) is 2.07. The second kappa shape index (κ2) is 5.35. The first kappa shape index (κ1) is 13.9. The molecule has 0 aliphatic heterocycles. The number of amides is 1. The standard InChI is InChI=1S/C14H10Cl2N4O/c1-8-12(20-7-9(15)4-5-11(20)18-8)14(21)19-10-3-2-6-17-13(10)16/h2-7H,1H3,(H,19,21). The number of rotatable bonds is 2. The van der Waals surface area contributed by atoms with Crippen LogP contribution in [0.25, 0.3) is 5.65 Å². The molecule has 0 aliphatic rings. The summed E-state index contributed by atoms with van der Waals surface area (Å²) < 4.78 is 1.65. The minimum atomic E-state index is -0.322. The molecule has 21 heavy (non-hydrogen) atoms. The Balaban J connectivity index is 2.04. The van der Waals surface area contributed by atoms with Gasteiger partial charge in [-0.3, -0.25) is 9.20 Å². The Labute approximate surface area is 130 Å². The molecular weight excluding hydrogens is 311 g/mol. The van der Waals surface area contributed by atoms with Crippen LogP contribution in [-0.2, 0) is 0 Å². The lowest BCUT2D eigenvalue weighted by Gasteiger charge is -2.07. The van der Waals surface area contributed by atoms with Gasteiger partial charge in [0.1, 0.15) is 11.3 Å². The average molecular weight is 321 g/mol. The van der Waals surface area contributed by atoms with Crippen LogP contribution in [0.1, 0.15) is 16.2 Å². The number of imidazole rings is 1. The molecule has 5 nitrogen and oxygen atoms in total. The van der Waals surface area contributed by atoms with Gasteiger partial charge in [0.2, 0.25) is 0 Å². The first-order valence-electron chi connectivity index (χ1n) is 6.12. The first-order chi connectivity index (χ1) is 10.1. The van der Waals surface area contributed by atoms with Gasteiger partial charge in [0.15, 0.2) is 5.15 Å². The Morgan fingerprint density at radius 1 is 1.29 bits per heavy atom. The zero-order chi connectivity index (χ0) is 15.0. The van der Waals surface area contributed by atoms with Crippen LogP contribution >= 0.6 is 23.2 Å². The summed E-state index contributed by atoms with van der Waals surface area (Å²) in [6.45, 7) is 1.76. The maximum Gasteiger partial charge on any atom is 0.274 e. The predicted molar refractivity (Wildman–Crippen MR) is 82.1 cm³/mol. The molecule has 0 unspecified atom stereocenters. The maximum absolute atomic E-state index is 12.5. The summed E-state index contributed by atoms with van der Waals surface area (Å²) in [7, 11) is 0. The number of pyridine rings is 2. The summed E-state index contributed by atoms with van der Waals surface area (Å²) in [5, 5.41) is 3.48. The summed E-state index contributed by atoms with van der Waals surface area (Å²) in [5.41, 5.74) is 2.11. The van der Waals surface area contributed by atoms with Gasteiger partial charge < -0.3 is 5.32 Å². The van der Waals surface area contributed by atoms with Gasteiger partial charge >= 0.3 is 0 Å². The smallest absolute Gasteiger partial charge is 0.274 e. The van der Waals surface area contributed by atoms with E-state index in [2.05, 4.69) is 15.3 Å². The zero-order valence-corrected chi connectivity index (χ0v) is 12.5. The maximum atomic E-state index is 12.5. The Kier molecular flexibility index (Phi) is 3.53. The molecule has 1 N–H and O–H groups in total. The van der Waals surface area contributed by atoms with Crippen LogP contribution in [0.15, 0.2) is 36.7 Å². The molecule has 0 fully saturated rings. The molecule has 0 saturated heterocycles. The van der Waals surface area contributed by atoms with E-state index in [0.29, 0.717) is 27.7 Å². The Morgan fingerprint density at radius 2 is 2.10 bits per heavy atom. The Morgan fingerprint density at radius 3 is 2.86 bits per heavy atom. The molecule has 0 aliphatic carbocycles. The van der Waals surface area contributed by atoms with E-state index in [-0.39, 0.29) is 11.1 Å². The number of aryl methyl sites for hydroxylation is 1. The van der Waals surface area contributed by atoms with Gasteiger partial charge in [0.05, 0.1) is 16.4 Å². The van der Waals surface area contributed by atoms with Crippen molar-refractivity contribution in [1.29, 1.82) is 0 Å². The van der Waals surface area contributed by atoms with Crippen LogP contribution in [0.2, 0.25) is 10.2 Å². The highest BCUT2D eigenvalue weighted by Gasteiger charge is 2.17. The number of nitrogens with one attached hydrogen (secondary N) is 1. The SMILES string of the molecule is Cc1nc2ccc(Cl)cn2c1C(=O)Nc1cccnc1Cl. The minimum Gasteiger partial charge on any atom is -0.318 e. The van der Waals surface area contributed by atoms with Crippen molar-refractivity contribution in [3.8, 4) is 0 Å². The number of hydrogen-bond donors (Lipinski definition) is 1. The molecular formula is C14H10Cl2N4O. The lowest BCUT2D eigenvalue weighted by molar-refractivity contribution is 0.102. The molecule has 7 heteroatoms. The van der Waals surface area contributed by atoms with Crippen molar-refractivity contribution in [2.75, 3.05) is 5.32 Å². The van der Waals surface area contributed by atoms with Gasteiger partial charge in [0, 0.05) is 12.4 Å². The number of carbonyl (C=O) groups excluding carboxylic acids is 1. The third-order valence-electron chi connectivity index (χ3n) is 2.98. The van der Waals surface area contributed by atoms with E-state index < -0.39 is 0 Å². The Bertz CT molecular complexity index is 844. The van der Waals surface area contributed by atoms with Crippen LogP contribution in [0.4, 0.5) is 5.69 Å². The van der Waals surface area contributed by atoms with Crippen LogP contribution in [0, 0.1) is 6.92 Å². The van der Waals surface area contributed by atoms with Gasteiger partial charge in [-0.1, -0.05) is 23.2 Å². The molecule has 0 atom stereocenters.